The van der Waals surface area contributed by atoms with Crippen molar-refractivity contribution in [2.75, 3.05) is 13.1 Å². The summed E-state index contributed by atoms with van der Waals surface area (Å²) in [5, 5.41) is 8.75. The predicted octanol–water partition coefficient (Wildman–Crippen LogP) is -1.75. The quantitative estimate of drug-likeness (QED) is 0.369. The Labute approximate surface area is 54.4 Å². The van der Waals surface area contributed by atoms with Gasteiger partial charge in [-0.1, -0.05) is 0 Å². The van der Waals surface area contributed by atoms with Crippen LogP contribution in [0.15, 0.2) is 0 Å². The highest BCUT2D eigenvalue weighted by molar-refractivity contribution is 4.95. The zero-order chi connectivity index (χ0) is 7.07. The predicted molar refractivity (Wildman–Crippen MR) is 34.4 cm³/mol. The molecule has 1 unspecified atom stereocenters. The smallest absolute Gasteiger partial charge is 0.160 e. The van der Waals surface area contributed by atoms with Crippen LogP contribution in [0.2, 0.25) is 0 Å². The van der Waals surface area contributed by atoms with E-state index in [1.807, 2.05) is 6.92 Å². The summed E-state index contributed by atoms with van der Waals surface area (Å²) in [6, 6.07) is 0. The average molecular weight is 131 g/mol. The monoisotopic (exact) mass is 131 g/mol. The largest absolute Gasteiger partial charge is 0.365 e. The van der Waals surface area contributed by atoms with Gasteiger partial charge in [0.05, 0.1) is 0 Å². The van der Waals surface area contributed by atoms with Gasteiger partial charge < -0.3 is 10.8 Å². The average Bonchev–Trinajstić information content (AvgIpc) is 1.59. The minimum absolute atomic E-state index is 0.139. The van der Waals surface area contributed by atoms with Crippen molar-refractivity contribution in [3.63, 3.8) is 0 Å². The second kappa shape index (κ2) is 1.91. The molecule has 0 aromatic rings. The summed E-state index contributed by atoms with van der Waals surface area (Å²) in [5.74, 6) is 0. The van der Waals surface area contributed by atoms with Crippen molar-refractivity contribution in [2.45, 2.75) is 18.8 Å². The van der Waals surface area contributed by atoms with Gasteiger partial charge in [0.15, 0.2) is 6.35 Å². The first-order valence-corrected chi connectivity index (χ1v) is 2.98. The van der Waals surface area contributed by atoms with E-state index in [0.717, 1.165) is 0 Å². The molecule has 1 saturated heterocycles. The lowest BCUT2D eigenvalue weighted by Crippen LogP contribution is -2.69. The molecule has 0 saturated carbocycles. The highest BCUT2D eigenvalue weighted by Gasteiger charge is 2.36. The van der Waals surface area contributed by atoms with Crippen molar-refractivity contribution in [2.24, 2.45) is 11.5 Å². The van der Waals surface area contributed by atoms with E-state index in [1.165, 1.54) is 0 Å². The minimum Gasteiger partial charge on any atom is -0.365 e. The number of likely N-dealkylation sites (tertiary alicyclic amines) is 1. The van der Waals surface area contributed by atoms with Crippen LogP contribution in [0.4, 0.5) is 0 Å². The zero-order valence-corrected chi connectivity index (χ0v) is 5.54. The second-order valence-corrected chi connectivity index (χ2v) is 2.97. The van der Waals surface area contributed by atoms with Gasteiger partial charge in [0.2, 0.25) is 0 Å². The van der Waals surface area contributed by atoms with Crippen molar-refractivity contribution in [1.29, 1.82) is 0 Å². The molecule has 1 atom stereocenters. The lowest BCUT2D eigenvalue weighted by atomic mass is 9.94. The molecule has 1 rings (SSSR count). The lowest BCUT2D eigenvalue weighted by Gasteiger charge is -2.46. The van der Waals surface area contributed by atoms with E-state index in [9.17, 15) is 0 Å². The molecule has 0 amide bonds. The van der Waals surface area contributed by atoms with Gasteiger partial charge in [0.25, 0.3) is 0 Å². The van der Waals surface area contributed by atoms with Crippen LogP contribution in [0.5, 0.6) is 0 Å². The standard InChI is InChI=1S/C5H13N3O/c1-5(7)2-8(3-5)4(6)9/h4,9H,2-3,6-7H2,1H3. The number of nitrogens with two attached hydrogens (primary N) is 2. The van der Waals surface area contributed by atoms with Crippen LogP contribution < -0.4 is 11.5 Å². The van der Waals surface area contributed by atoms with Crippen molar-refractivity contribution in [3.05, 3.63) is 0 Å². The summed E-state index contributed by atoms with van der Waals surface area (Å²) >= 11 is 0. The third-order valence-electron chi connectivity index (χ3n) is 1.50. The molecule has 0 radical (unpaired) electrons. The van der Waals surface area contributed by atoms with Crippen molar-refractivity contribution in [3.8, 4) is 0 Å². The molecule has 4 nitrogen and oxygen atoms in total. The number of aliphatic hydroxyl groups is 1. The molecule has 0 bridgehead atoms. The molecule has 54 valence electrons. The Morgan fingerprint density at radius 2 is 2.11 bits per heavy atom. The van der Waals surface area contributed by atoms with E-state index in [4.69, 9.17) is 16.6 Å². The van der Waals surface area contributed by atoms with Crippen molar-refractivity contribution in [1.82, 2.24) is 4.90 Å². The van der Waals surface area contributed by atoms with Crippen LogP contribution in [0.25, 0.3) is 0 Å². The maximum absolute atomic E-state index is 8.75. The van der Waals surface area contributed by atoms with E-state index >= 15 is 0 Å². The molecule has 0 spiro atoms. The summed E-state index contributed by atoms with van der Waals surface area (Å²) in [4.78, 5) is 1.71. The zero-order valence-electron chi connectivity index (χ0n) is 5.54. The number of rotatable bonds is 1. The molecular weight excluding hydrogens is 118 g/mol. The topological polar surface area (TPSA) is 75.5 Å². The lowest BCUT2D eigenvalue weighted by molar-refractivity contribution is -0.0663. The Balaban J connectivity index is 2.27. The maximum atomic E-state index is 8.75. The van der Waals surface area contributed by atoms with E-state index in [-0.39, 0.29) is 5.54 Å². The van der Waals surface area contributed by atoms with E-state index in [2.05, 4.69) is 0 Å². The Morgan fingerprint density at radius 3 is 2.22 bits per heavy atom. The van der Waals surface area contributed by atoms with Gasteiger partial charge in [-0.2, -0.15) is 0 Å². The highest BCUT2D eigenvalue weighted by atomic mass is 16.3. The molecule has 0 aromatic heterocycles. The fraction of sp³-hybridized carbons (Fsp3) is 1.00. The molecule has 0 aliphatic carbocycles. The number of aliphatic hydroxyl groups excluding tert-OH is 1. The molecule has 4 heteroatoms. The van der Waals surface area contributed by atoms with Gasteiger partial charge in [-0.25, -0.2) is 0 Å². The van der Waals surface area contributed by atoms with Gasteiger partial charge in [-0.15, -0.1) is 0 Å². The first kappa shape index (κ1) is 6.95. The summed E-state index contributed by atoms with van der Waals surface area (Å²) in [6.07, 6.45) is -0.832. The fourth-order valence-electron chi connectivity index (χ4n) is 1.07. The van der Waals surface area contributed by atoms with Crippen molar-refractivity contribution >= 4 is 0 Å². The Bertz CT molecular complexity index is 105. The summed E-state index contributed by atoms with van der Waals surface area (Å²) in [5.41, 5.74) is 10.6. The number of hydrogen-bond donors (Lipinski definition) is 3. The Kier molecular flexibility index (Phi) is 1.48. The summed E-state index contributed by atoms with van der Waals surface area (Å²) in [7, 11) is 0. The van der Waals surface area contributed by atoms with Gasteiger partial charge in [-0.05, 0) is 6.92 Å². The molecule has 5 N–H and O–H groups in total. The second-order valence-electron chi connectivity index (χ2n) is 2.97. The first-order valence-electron chi connectivity index (χ1n) is 2.98. The molecule has 9 heavy (non-hydrogen) atoms. The van der Waals surface area contributed by atoms with Crippen molar-refractivity contribution < 1.29 is 5.11 Å². The molecule has 0 aromatic carbocycles. The molecule has 1 aliphatic heterocycles. The van der Waals surface area contributed by atoms with Crippen LogP contribution in [-0.2, 0) is 0 Å². The van der Waals surface area contributed by atoms with E-state index < -0.39 is 6.35 Å². The Hall–Kier alpha value is -0.160. The maximum Gasteiger partial charge on any atom is 0.160 e. The third kappa shape index (κ3) is 1.40. The number of hydrogen-bond acceptors (Lipinski definition) is 4. The first-order chi connectivity index (χ1) is 4.01. The molecule has 1 aliphatic rings. The molecular formula is C5H13N3O. The fourth-order valence-corrected chi connectivity index (χ4v) is 1.07. The van der Waals surface area contributed by atoms with Crippen LogP contribution in [-0.4, -0.2) is 35.0 Å². The third-order valence-corrected chi connectivity index (χ3v) is 1.50. The normalized spacial score (nSPS) is 29.3. The van der Waals surface area contributed by atoms with Crippen LogP contribution >= 0.6 is 0 Å². The van der Waals surface area contributed by atoms with Crippen LogP contribution in [0, 0.1) is 0 Å². The van der Waals surface area contributed by atoms with Crippen LogP contribution in [0.1, 0.15) is 6.92 Å². The summed E-state index contributed by atoms with van der Waals surface area (Å²) in [6.45, 7) is 3.31. The molecule has 1 heterocycles. The number of nitrogens with zero attached hydrogens (tertiary/aromatic N) is 1. The minimum atomic E-state index is -0.832. The van der Waals surface area contributed by atoms with Gasteiger partial charge in [0, 0.05) is 18.6 Å². The molecule has 1 fully saturated rings. The van der Waals surface area contributed by atoms with Gasteiger partial charge in [-0.3, -0.25) is 10.6 Å². The van der Waals surface area contributed by atoms with E-state index in [0.29, 0.717) is 13.1 Å². The Morgan fingerprint density at radius 1 is 1.67 bits per heavy atom. The summed E-state index contributed by atoms with van der Waals surface area (Å²) < 4.78 is 0. The SMILES string of the molecule is CC1(N)CN(C(N)O)C1. The van der Waals surface area contributed by atoms with Gasteiger partial charge in [0.1, 0.15) is 0 Å². The van der Waals surface area contributed by atoms with Gasteiger partial charge >= 0.3 is 0 Å². The van der Waals surface area contributed by atoms with Crippen LogP contribution in [0.3, 0.4) is 0 Å². The van der Waals surface area contributed by atoms with E-state index in [1.54, 1.807) is 4.90 Å². The highest BCUT2D eigenvalue weighted by Crippen LogP contribution is 2.16.